The highest BCUT2D eigenvalue weighted by Crippen LogP contribution is 2.30. The molecule has 1 N–H and O–H groups in total. The van der Waals surface area contributed by atoms with Gasteiger partial charge >= 0.3 is 0 Å². The fourth-order valence-corrected chi connectivity index (χ4v) is 3.92. The number of nitrogens with one attached hydrogen (secondary N) is 1. The number of piperidine rings is 1. The second kappa shape index (κ2) is 6.19. The summed E-state index contributed by atoms with van der Waals surface area (Å²) in [7, 11) is 2.12. The van der Waals surface area contributed by atoms with Gasteiger partial charge in [0.2, 0.25) is 0 Å². The minimum absolute atomic E-state index is 0.743. The molecule has 2 heteroatoms. The van der Waals surface area contributed by atoms with Gasteiger partial charge in [-0.3, -0.25) is 4.90 Å². The highest BCUT2D eigenvalue weighted by Gasteiger charge is 2.32. The first-order chi connectivity index (χ1) is 8.22. The highest BCUT2D eigenvalue weighted by molar-refractivity contribution is 4.87. The van der Waals surface area contributed by atoms with Crippen molar-refractivity contribution < 1.29 is 0 Å². The molecule has 1 saturated carbocycles. The van der Waals surface area contributed by atoms with Crippen LogP contribution in [0.4, 0.5) is 0 Å². The van der Waals surface area contributed by atoms with Gasteiger partial charge in [-0.05, 0) is 44.7 Å². The van der Waals surface area contributed by atoms with E-state index in [1.165, 1.54) is 51.6 Å². The van der Waals surface area contributed by atoms with Gasteiger partial charge in [0.25, 0.3) is 0 Å². The minimum Gasteiger partial charge on any atom is -0.317 e. The summed E-state index contributed by atoms with van der Waals surface area (Å²) in [5.74, 6) is 1.72. The van der Waals surface area contributed by atoms with E-state index in [0.29, 0.717) is 0 Å². The van der Waals surface area contributed by atoms with Crippen LogP contribution in [0.3, 0.4) is 0 Å². The minimum atomic E-state index is 0.743. The predicted octanol–water partition coefficient (Wildman–Crippen LogP) is 2.89. The van der Waals surface area contributed by atoms with Crippen molar-refractivity contribution >= 4 is 0 Å². The Labute approximate surface area is 107 Å². The molecule has 1 heterocycles. The van der Waals surface area contributed by atoms with E-state index >= 15 is 0 Å². The van der Waals surface area contributed by atoms with Crippen LogP contribution in [-0.4, -0.2) is 37.1 Å². The smallest absolute Gasteiger partial charge is 0.0121 e. The zero-order chi connectivity index (χ0) is 12.3. The van der Waals surface area contributed by atoms with Crippen LogP contribution >= 0.6 is 0 Å². The summed E-state index contributed by atoms with van der Waals surface area (Å²) < 4.78 is 0. The first-order valence-corrected chi connectivity index (χ1v) is 7.63. The Hall–Kier alpha value is -0.0800. The molecule has 0 aromatic rings. The van der Waals surface area contributed by atoms with Gasteiger partial charge < -0.3 is 5.32 Å². The number of hydrogen-bond donors (Lipinski definition) is 1. The fraction of sp³-hybridized carbons (Fsp3) is 1.00. The van der Waals surface area contributed by atoms with Crippen molar-refractivity contribution in [1.82, 2.24) is 10.2 Å². The van der Waals surface area contributed by atoms with Crippen LogP contribution in [0.15, 0.2) is 0 Å². The van der Waals surface area contributed by atoms with Crippen LogP contribution in [0, 0.1) is 11.8 Å². The Balaban J connectivity index is 1.93. The Morgan fingerprint density at radius 1 is 0.941 bits per heavy atom. The van der Waals surface area contributed by atoms with Gasteiger partial charge in [0.05, 0.1) is 0 Å². The molecule has 2 fully saturated rings. The highest BCUT2D eigenvalue weighted by atomic mass is 15.2. The van der Waals surface area contributed by atoms with Gasteiger partial charge in [-0.25, -0.2) is 0 Å². The molecule has 1 aliphatic carbocycles. The van der Waals surface area contributed by atoms with Crippen LogP contribution in [0.2, 0.25) is 0 Å². The molecule has 0 radical (unpaired) electrons. The van der Waals surface area contributed by atoms with Crippen molar-refractivity contribution in [1.29, 1.82) is 0 Å². The normalized spacial score (nSPS) is 41.1. The lowest BCUT2D eigenvalue weighted by Gasteiger charge is -2.43. The molecule has 1 saturated heterocycles. The second-order valence-corrected chi connectivity index (χ2v) is 6.34. The SMILES string of the molecule is CNC1CCN(C2CCCCCC2C)CC1C. The topological polar surface area (TPSA) is 15.3 Å². The maximum absolute atomic E-state index is 3.47. The van der Waals surface area contributed by atoms with Crippen LogP contribution < -0.4 is 5.32 Å². The first-order valence-electron chi connectivity index (χ1n) is 7.63. The zero-order valence-corrected chi connectivity index (χ0v) is 11.9. The summed E-state index contributed by atoms with van der Waals surface area (Å²) in [6, 6.07) is 1.62. The maximum atomic E-state index is 3.47. The van der Waals surface area contributed by atoms with Crippen LogP contribution in [0.1, 0.15) is 52.4 Å². The quantitative estimate of drug-likeness (QED) is 0.744. The molecule has 0 bridgehead atoms. The largest absolute Gasteiger partial charge is 0.317 e. The Kier molecular flexibility index (Phi) is 4.87. The van der Waals surface area contributed by atoms with E-state index in [9.17, 15) is 0 Å². The number of nitrogens with zero attached hydrogens (tertiary/aromatic N) is 1. The molecule has 4 atom stereocenters. The van der Waals surface area contributed by atoms with Gasteiger partial charge in [0.15, 0.2) is 0 Å². The van der Waals surface area contributed by atoms with E-state index in [-0.39, 0.29) is 0 Å². The lowest BCUT2D eigenvalue weighted by atomic mass is 9.88. The van der Waals surface area contributed by atoms with Crippen molar-refractivity contribution in [3.8, 4) is 0 Å². The Morgan fingerprint density at radius 3 is 2.41 bits per heavy atom. The average molecular weight is 238 g/mol. The fourth-order valence-electron chi connectivity index (χ4n) is 3.92. The third-order valence-electron chi connectivity index (χ3n) is 5.09. The summed E-state index contributed by atoms with van der Waals surface area (Å²) in [6.07, 6.45) is 8.60. The molecule has 4 unspecified atom stereocenters. The van der Waals surface area contributed by atoms with Gasteiger partial charge in [-0.2, -0.15) is 0 Å². The molecular weight excluding hydrogens is 208 g/mol. The lowest BCUT2D eigenvalue weighted by molar-refractivity contribution is 0.0748. The Bertz CT molecular complexity index is 229. The Morgan fingerprint density at radius 2 is 1.71 bits per heavy atom. The van der Waals surface area contributed by atoms with E-state index in [1.807, 2.05) is 0 Å². The molecule has 0 aromatic heterocycles. The van der Waals surface area contributed by atoms with Crippen LogP contribution in [0.25, 0.3) is 0 Å². The van der Waals surface area contributed by atoms with E-state index < -0.39 is 0 Å². The molecule has 2 aliphatic rings. The van der Waals surface area contributed by atoms with E-state index in [0.717, 1.165) is 23.9 Å². The average Bonchev–Trinajstić information content (AvgIpc) is 2.54. The van der Waals surface area contributed by atoms with Crippen LogP contribution in [0.5, 0.6) is 0 Å². The van der Waals surface area contributed by atoms with E-state index in [4.69, 9.17) is 0 Å². The van der Waals surface area contributed by atoms with Crippen molar-refractivity contribution in [3.63, 3.8) is 0 Å². The van der Waals surface area contributed by atoms with Gasteiger partial charge in [-0.1, -0.05) is 33.1 Å². The molecule has 2 nitrogen and oxygen atoms in total. The molecule has 0 spiro atoms. The maximum Gasteiger partial charge on any atom is 0.0121 e. The number of likely N-dealkylation sites (tertiary alicyclic amines) is 1. The molecule has 0 amide bonds. The predicted molar refractivity (Wildman–Crippen MR) is 74.2 cm³/mol. The van der Waals surface area contributed by atoms with E-state index in [2.05, 4.69) is 31.1 Å². The van der Waals surface area contributed by atoms with Gasteiger partial charge in [-0.15, -0.1) is 0 Å². The third kappa shape index (κ3) is 3.23. The molecule has 17 heavy (non-hydrogen) atoms. The second-order valence-electron chi connectivity index (χ2n) is 6.34. The summed E-state index contributed by atoms with van der Waals surface area (Å²) >= 11 is 0. The molecular formula is C15H30N2. The summed E-state index contributed by atoms with van der Waals surface area (Å²) in [4.78, 5) is 2.80. The molecule has 2 rings (SSSR count). The van der Waals surface area contributed by atoms with Crippen molar-refractivity contribution in [2.45, 2.75) is 64.5 Å². The third-order valence-corrected chi connectivity index (χ3v) is 5.09. The molecule has 100 valence electrons. The lowest BCUT2D eigenvalue weighted by Crippen LogP contribution is -2.52. The molecule has 1 aliphatic heterocycles. The monoisotopic (exact) mass is 238 g/mol. The summed E-state index contributed by atoms with van der Waals surface area (Å²) in [5.41, 5.74) is 0. The summed E-state index contributed by atoms with van der Waals surface area (Å²) in [5, 5.41) is 3.47. The van der Waals surface area contributed by atoms with E-state index in [1.54, 1.807) is 0 Å². The van der Waals surface area contributed by atoms with Gasteiger partial charge in [0.1, 0.15) is 0 Å². The van der Waals surface area contributed by atoms with Gasteiger partial charge in [0, 0.05) is 18.6 Å². The molecule has 0 aromatic carbocycles. The summed E-state index contributed by atoms with van der Waals surface area (Å²) in [6.45, 7) is 7.50. The standard InChI is InChI=1S/C15H30N2/c1-12-7-5-4-6-8-15(12)17-10-9-14(16-3)13(2)11-17/h12-16H,4-11H2,1-3H3. The first kappa shape index (κ1) is 13.4. The van der Waals surface area contributed by atoms with Crippen molar-refractivity contribution in [2.24, 2.45) is 11.8 Å². The van der Waals surface area contributed by atoms with Crippen LogP contribution in [-0.2, 0) is 0 Å². The van der Waals surface area contributed by atoms with Crippen molar-refractivity contribution in [3.05, 3.63) is 0 Å². The zero-order valence-electron chi connectivity index (χ0n) is 11.9. The van der Waals surface area contributed by atoms with Crippen molar-refractivity contribution in [2.75, 3.05) is 20.1 Å². The number of hydrogen-bond acceptors (Lipinski definition) is 2. The number of rotatable bonds is 2.